The minimum Gasteiger partial charge on any atom is -0.398 e. The molecular weight excluding hydrogens is 368 g/mol. The summed E-state index contributed by atoms with van der Waals surface area (Å²) in [6.45, 7) is 1.42. The molecule has 1 amide bonds. The molecule has 27 heavy (non-hydrogen) atoms. The van der Waals surface area contributed by atoms with Crippen molar-refractivity contribution >= 4 is 49.5 Å². The van der Waals surface area contributed by atoms with Crippen LogP contribution in [0, 0.1) is 0 Å². The number of nitrogens with two attached hydrogens (primary N) is 1. The van der Waals surface area contributed by atoms with Crippen molar-refractivity contribution in [2.75, 3.05) is 11.1 Å². The van der Waals surface area contributed by atoms with Crippen LogP contribution < -0.4 is 11.1 Å². The Morgan fingerprint density at radius 2 is 1.70 bits per heavy atom. The highest BCUT2D eigenvalue weighted by Crippen LogP contribution is 2.33. The monoisotopic (exact) mass is 384 g/mol. The molecule has 0 aliphatic carbocycles. The van der Waals surface area contributed by atoms with Crippen molar-refractivity contribution in [2.45, 2.75) is 11.8 Å². The normalized spacial score (nSPS) is 11.8. The molecule has 3 aromatic carbocycles. The number of carbonyl (C=O) groups is 1. The molecule has 0 fully saturated rings. The third kappa shape index (κ3) is 4.27. The van der Waals surface area contributed by atoms with Gasteiger partial charge in [-0.25, -0.2) is 0 Å². The average Bonchev–Trinajstić information content (AvgIpc) is 2.61. The predicted octanol–water partition coefficient (Wildman–Crippen LogP) is 4.04. The van der Waals surface area contributed by atoms with Crippen LogP contribution in [0.15, 0.2) is 69.7 Å². The van der Waals surface area contributed by atoms with Crippen molar-refractivity contribution in [2.24, 2.45) is 10.2 Å². The molecule has 0 aliphatic heterocycles. The summed E-state index contributed by atoms with van der Waals surface area (Å²) in [6.07, 6.45) is 0. The minimum atomic E-state index is -4.35. The number of nitrogens with zero attached hydrogens (tertiary/aromatic N) is 2. The average molecular weight is 384 g/mol. The standard InChI is InChI=1S/C18H16N4O4S/c1-11(23)20-12-2-4-13(5-3-12)21-22-18-9-8-17(19)15-7-6-14(10-16(15)18)27(24,25)26/h2-10H,19H2,1H3,(H,20,23)(H,24,25,26). The lowest BCUT2D eigenvalue weighted by Crippen LogP contribution is -2.04. The second kappa shape index (κ2) is 7.14. The molecule has 0 saturated carbocycles. The summed E-state index contributed by atoms with van der Waals surface area (Å²) in [5, 5.41) is 12.0. The van der Waals surface area contributed by atoms with Gasteiger partial charge in [-0.3, -0.25) is 9.35 Å². The Bertz CT molecular complexity index is 1160. The topological polar surface area (TPSA) is 134 Å². The van der Waals surface area contributed by atoms with Gasteiger partial charge in [0, 0.05) is 29.1 Å². The van der Waals surface area contributed by atoms with Gasteiger partial charge in [0.15, 0.2) is 0 Å². The molecule has 0 aliphatic rings. The zero-order valence-corrected chi connectivity index (χ0v) is 15.1. The zero-order chi connectivity index (χ0) is 19.6. The van der Waals surface area contributed by atoms with Gasteiger partial charge in [0.25, 0.3) is 10.1 Å². The van der Waals surface area contributed by atoms with Crippen LogP contribution in [0.25, 0.3) is 10.8 Å². The van der Waals surface area contributed by atoms with Gasteiger partial charge in [0.1, 0.15) is 0 Å². The van der Waals surface area contributed by atoms with Crippen molar-refractivity contribution in [1.29, 1.82) is 0 Å². The lowest BCUT2D eigenvalue weighted by molar-refractivity contribution is -0.114. The molecule has 0 saturated heterocycles. The molecule has 0 bridgehead atoms. The Hall–Kier alpha value is -3.30. The molecule has 138 valence electrons. The summed E-state index contributed by atoms with van der Waals surface area (Å²) in [6, 6.07) is 14.1. The fourth-order valence-corrected chi connectivity index (χ4v) is 3.02. The number of amides is 1. The first-order valence-corrected chi connectivity index (χ1v) is 9.27. The van der Waals surface area contributed by atoms with Gasteiger partial charge in [-0.05, 0) is 48.5 Å². The van der Waals surface area contributed by atoms with Crippen LogP contribution >= 0.6 is 0 Å². The molecule has 3 aromatic rings. The van der Waals surface area contributed by atoms with E-state index in [0.717, 1.165) is 0 Å². The summed E-state index contributed by atoms with van der Waals surface area (Å²) in [4.78, 5) is 10.8. The third-order valence-corrected chi connectivity index (χ3v) is 4.61. The van der Waals surface area contributed by atoms with Crippen molar-refractivity contribution in [1.82, 2.24) is 0 Å². The SMILES string of the molecule is CC(=O)Nc1ccc(N=Nc2ccc(N)c3ccc(S(=O)(=O)O)cc23)cc1. The van der Waals surface area contributed by atoms with Crippen molar-refractivity contribution < 1.29 is 17.8 Å². The number of hydrogen-bond acceptors (Lipinski definition) is 6. The first kappa shape index (κ1) is 18.5. The van der Waals surface area contributed by atoms with Crippen LogP contribution in [-0.2, 0) is 14.9 Å². The minimum absolute atomic E-state index is 0.174. The lowest BCUT2D eigenvalue weighted by Gasteiger charge is -2.06. The molecule has 0 heterocycles. The number of carbonyl (C=O) groups excluding carboxylic acids is 1. The molecule has 9 heteroatoms. The summed E-state index contributed by atoms with van der Waals surface area (Å²) >= 11 is 0. The van der Waals surface area contributed by atoms with E-state index in [0.29, 0.717) is 33.5 Å². The molecule has 4 N–H and O–H groups in total. The van der Waals surface area contributed by atoms with Crippen molar-refractivity contribution in [3.05, 3.63) is 54.6 Å². The quantitative estimate of drug-likeness (QED) is 0.354. The van der Waals surface area contributed by atoms with Crippen molar-refractivity contribution in [3.63, 3.8) is 0 Å². The maximum Gasteiger partial charge on any atom is 0.294 e. The number of hydrogen-bond donors (Lipinski definition) is 3. The Morgan fingerprint density at radius 1 is 1.00 bits per heavy atom. The molecule has 3 rings (SSSR count). The Balaban J connectivity index is 1.99. The van der Waals surface area contributed by atoms with Gasteiger partial charge in [0.05, 0.1) is 16.3 Å². The van der Waals surface area contributed by atoms with Gasteiger partial charge in [-0.1, -0.05) is 6.07 Å². The summed E-state index contributed by atoms with van der Waals surface area (Å²) in [7, 11) is -4.35. The Labute approximate surface area is 155 Å². The molecule has 0 radical (unpaired) electrons. The molecule has 0 atom stereocenters. The Kier molecular flexibility index (Phi) is 4.89. The first-order chi connectivity index (χ1) is 12.7. The lowest BCUT2D eigenvalue weighted by atomic mass is 10.1. The maximum atomic E-state index is 11.4. The van der Waals surface area contributed by atoms with Gasteiger partial charge in [0.2, 0.25) is 5.91 Å². The van der Waals surface area contributed by atoms with E-state index >= 15 is 0 Å². The highest BCUT2D eigenvalue weighted by Gasteiger charge is 2.12. The molecule has 8 nitrogen and oxygen atoms in total. The highest BCUT2D eigenvalue weighted by atomic mass is 32.2. The fourth-order valence-electron chi connectivity index (χ4n) is 2.51. The number of benzene rings is 3. The van der Waals surface area contributed by atoms with Crippen LogP contribution in [0.3, 0.4) is 0 Å². The summed E-state index contributed by atoms with van der Waals surface area (Å²) < 4.78 is 32.1. The number of nitrogen functional groups attached to an aromatic ring is 1. The van der Waals surface area contributed by atoms with Gasteiger partial charge < -0.3 is 11.1 Å². The van der Waals surface area contributed by atoms with Crippen molar-refractivity contribution in [3.8, 4) is 0 Å². The third-order valence-electron chi connectivity index (χ3n) is 3.76. The molecule has 0 spiro atoms. The van der Waals surface area contributed by atoms with Gasteiger partial charge in [-0.2, -0.15) is 13.5 Å². The van der Waals surface area contributed by atoms with E-state index in [1.807, 2.05) is 0 Å². The summed E-state index contributed by atoms with van der Waals surface area (Å²) in [5.74, 6) is -0.174. The van der Waals surface area contributed by atoms with E-state index in [4.69, 9.17) is 5.73 Å². The van der Waals surface area contributed by atoms with E-state index in [-0.39, 0.29) is 10.8 Å². The van der Waals surface area contributed by atoms with Crippen LogP contribution in [0.4, 0.5) is 22.7 Å². The van der Waals surface area contributed by atoms with E-state index in [2.05, 4.69) is 15.5 Å². The smallest absolute Gasteiger partial charge is 0.294 e. The van der Waals surface area contributed by atoms with E-state index in [9.17, 15) is 17.8 Å². The number of nitrogens with one attached hydrogen (secondary N) is 1. The second-order valence-corrected chi connectivity index (χ2v) is 7.21. The predicted molar refractivity (Wildman–Crippen MR) is 103 cm³/mol. The van der Waals surface area contributed by atoms with Crippen LogP contribution in [0.2, 0.25) is 0 Å². The number of azo groups is 1. The maximum absolute atomic E-state index is 11.4. The highest BCUT2D eigenvalue weighted by molar-refractivity contribution is 7.85. The van der Waals surface area contributed by atoms with E-state index in [1.54, 1.807) is 36.4 Å². The van der Waals surface area contributed by atoms with Gasteiger partial charge >= 0.3 is 0 Å². The van der Waals surface area contributed by atoms with E-state index < -0.39 is 10.1 Å². The first-order valence-electron chi connectivity index (χ1n) is 7.83. The molecular formula is C18H16N4O4S. The van der Waals surface area contributed by atoms with E-state index in [1.165, 1.54) is 25.1 Å². The number of rotatable bonds is 4. The Morgan fingerprint density at radius 3 is 2.33 bits per heavy atom. The number of fused-ring (bicyclic) bond motifs is 1. The zero-order valence-electron chi connectivity index (χ0n) is 14.2. The summed E-state index contributed by atoms with van der Waals surface area (Å²) in [5.41, 5.74) is 7.96. The van der Waals surface area contributed by atoms with Crippen LogP contribution in [-0.4, -0.2) is 18.9 Å². The molecule has 0 unspecified atom stereocenters. The van der Waals surface area contributed by atoms with Crippen LogP contribution in [0.1, 0.15) is 6.92 Å². The number of anilines is 2. The van der Waals surface area contributed by atoms with Gasteiger partial charge in [-0.15, -0.1) is 5.11 Å². The second-order valence-electron chi connectivity index (χ2n) is 5.78. The largest absolute Gasteiger partial charge is 0.398 e. The van der Waals surface area contributed by atoms with Crippen LogP contribution in [0.5, 0.6) is 0 Å². The molecule has 0 aromatic heterocycles. The fraction of sp³-hybridized carbons (Fsp3) is 0.0556.